The van der Waals surface area contributed by atoms with Gasteiger partial charge in [0.15, 0.2) is 0 Å². The Morgan fingerprint density at radius 1 is 0.810 bits per heavy atom. The summed E-state index contributed by atoms with van der Waals surface area (Å²) in [5.41, 5.74) is 0. The minimum Gasteiger partial charge on any atom is -0.542 e. The molecule has 1 nitrogen and oxygen atoms in total. The van der Waals surface area contributed by atoms with E-state index in [1.54, 1.807) is 0 Å². The van der Waals surface area contributed by atoms with Gasteiger partial charge >= 0.3 is 21.1 Å². The molecule has 0 fully saturated rings. The van der Waals surface area contributed by atoms with E-state index in [9.17, 15) is 4.79 Å². The van der Waals surface area contributed by atoms with E-state index in [0.29, 0.717) is 6.42 Å². The Morgan fingerprint density at radius 3 is 1.57 bits per heavy atom. The summed E-state index contributed by atoms with van der Waals surface area (Å²) in [4.78, 5) is 9.89. The van der Waals surface area contributed by atoms with Gasteiger partial charge in [-0.15, -0.1) is 0 Å². The topological polar surface area (TPSA) is 17.1 Å². The van der Waals surface area contributed by atoms with Crippen LogP contribution in [0.2, 0.25) is 0 Å². The Balaban J connectivity index is -0.000000154. The smallest absolute Gasteiger partial charge is 0.542 e. The largest absolute Gasteiger partial charge is 4.00 e. The molecule has 0 atom stereocenters. The second-order valence-corrected chi connectivity index (χ2v) is 4.69. The van der Waals surface area contributed by atoms with Crippen LogP contribution in [-0.4, -0.2) is 6.29 Å². The fourth-order valence-electron chi connectivity index (χ4n) is 1.83. The van der Waals surface area contributed by atoms with E-state index in [1.807, 2.05) is 36.6 Å². The zero-order valence-corrected chi connectivity index (χ0v) is 16.5. The summed E-state index contributed by atoms with van der Waals surface area (Å²) in [5, 5.41) is 0. The van der Waals surface area contributed by atoms with Gasteiger partial charge < -0.3 is 19.6 Å². The zero-order chi connectivity index (χ0) is 13.3. The molecular weight excluding hydrogens is 439 g/mol. The van der Waals surface area contributed by atoms with Crippen molar-refractivity contribution in [1.82, 2.24) is 0 Å². The molecular formula is C19H34OPt. The predicted molar refractivity (Wildman–Crippen MR) is 92.4 cm³/mol. The molecule has 1 aromatic rings. The summed E-state index contributed by atoms with van der Waals surface area (Å²) in [5.74, 6) is 0. The first-order chi connectivity index (χ1) is 8.91. The van der Waals surface area contributed by atoms with Crippen molar-refractivity contribution >= 4 is 6.29 Å². The minimum absolute atomic E-state index is 0. The van der Waals surface area contributed by atoms with Gasteiger partial charge in [-0.25, -0.2) is 12.1 Å². The molecule has 0 heterocycles. The fourth-order valence-corrected chi connectivity index (χ4v) is 1.83. The fraction of sp³-hybridized carbons (Fsp3) is 0.579. The Morgan fingerprint density at radius 2 is 1.24 bits per heavy atom. The van der Waals surface area contributed by atoms with Gasteiger partial charge in [0.05, 0.1) is 0 Å². The third-order valence-corrected chi connectivity index (χ3v) is 2.94. The molecule has 0 aromatic heterocycles. The first kappa shape index (κ1) is 28.8. The normalized spacial score (nSPS) is 8.24. The number of hydrogen-bond donors (Lipinski definition) is 0. The molecule has 0 aliphatic carbocycles. The number of carbonyl (C=O) groups excluding carboxylic acids is 1. The molecule has 0 aliphatic heterocycles. The van der Waals surface area contributed by atoms with E-state index in [0.717, 1.165) is 6.42 Å². The number of hydrogen-bond acceptors (Lipinski definition) is 1. The summed E-state index contributed by atoms with van der Waals surface area (Å²) in [6.45, 7) is 2.25. The second kappa shape index (κ2) is 28.0. The maximum atomic E-state index is 9.89. The van der Waals surface area contributed by atoms with Crippen molar-refractivity contribution in [3.63, 3.8) is 0 Å². The van der Waals surface area contributed by atoms with Gasteiger partial charge in [-0.05, 0) is 0 Å². The van der Waals surface area contributed by atoms with Crippen LogP contribution >= 0.6 is 0 Å². The van der Waals surface area contributed by atoms with Crippen LogP contribution in [-0.2, 0) is 25.9 Å². The molecule has 0 saturated heterocycles. The van der Waals surface area contributed by atoms with E-state index in [1.165, 1.54) is 51.4 Å². The van der Waals surface area contributed by atoms with Crippen molar-refractivity contribution in [3.05, 3.63) is 45.2 Å². The van der Waals surface area contributed by atoms with E-state index in [-0.39, 0.29) is 35.9 Å². The molecule has 0 N–H and O–H groups in total. The van der Waals surface area contributed by atoms with Crippen molar-refractivity contribution in [2.45, 2.75) is 71.1 Å². The Hall–Kier alpha value is -0.292. The van der Waals surface area contributed by atoms with Gasteiger partial charge in [0.2, 0.25) is 0 Å². The predicted octanol–water partition coefficient (Wildman–Crippen LogP) is 6.32. The van der Waals surface area contributed by atoms with Gasteiger partial charge in [-0.1, -0.05) is 64.7 Å². The summed E-state index contributed by atoms with van der Waals surface area (Å²) in [7, 11) is 0. The van der Waals surface area contributed by atoms with Crippen molar-refractivity contribution in [1.29, 1.82) is 0 Å². The summed E-state index contributed by atoms with van der Waals surface area (Å²) in [6, 6.07) is 10.0. The number of unbranched alkanes of at least 4 members (excludes halogenated alkanes) is 9. The molecule has 0 radical (unpaired) electrons. The van der Waals surface area contributed by atoms with Crippen LogP contribution in [0, 0.1) is 14.9 Å². The van der Waals surface area contributed by atoms with E-state index in [4.69, 9.17) is 0 Å². The molecule has 126 valence electrons. The van der Waals surface area contributed by atoms with Crippen molar-refractivity contribution < 1.29 is 25.9 Å². The molecule has 0 unspecified atom stereocenters. The van der Waals surface area contributed by atoms with Crippen LogP contribution in [0.1, 0.15) is 71.1 Å². The monoisotopic (exact) mass is 473 g/mol. The van der Waals surface area contributed by atoms with E-state index < -0.39 is 0 Å². The third kappa shape index (κ3) is 28.6. The van der Waals surface area contributed by atoms with Gasteiger partial charge in [-0.3, -0.25) is 6.29 Å². The average Bonchev–Trinajstić information content (AvgIpc) is 2.96. The Kier molecular flexibility index (Phi) is 38.4. The molecule has 0 aliphatic rings. The molecule has 21 heavy (non-hydrogen) atoms. The molecule has 0 spiro atoms. The average molecular weight is 474 g/mol. The zero-order valence-electron chi connectivity index (χ0n) is 14.2. The van der Waals surface area contributed by atoms with Crippen molar-refractivity contribution in [3.8, 4) is 0 Å². The first-order valence-corrected chi connectivity index (χ1v) is 7.43. The standard InChI is InChI=1S/C12H23O.C5H5.2CH3.Pt/c1-2-3-4-5-6-7-8-9-10-11-12-13;1-2-4-5-3-1;;;/h2-11H2,1H3;1-5H;2*1H3;/q4*-1;+4. The molecule has 2 heteroatoms. The Labute approximate surface area is 148 Å². The molecule has 1 aromatic carbocycles. The molecule has 1 rings (SSSR count). The maximum Gasteiger partial charge on any atom is 4.00 e. The van der Waals surface area contributed by atoms with Crippen LogP contribution < -0.4 is 0 Å². The minimum atomic E-state index is 0. The summed E-state index contributed by atoms with van der Waals surface area (Å²) < 4.78 is 0. The van der Waals surface area contributed by atoms with E-state index in [2.05, 4.69) is 6.92 Å². The quantitative estimate of drug-likeness (QED) is 0.287. The maximum absolute atomic E-state index is 9.89. The second-order valence-electron chi connectivity index (χ2n) is 4.69. The Bertz CT molecular complexity index is 215. The van der Waals surface area contributed by atoms with Crippen LogP contribution in [0.25, 0.3) is 0 Å². The van der Waals surface area contributed by atoms with E-state index >= 15 is 0 Å². The van der Waals surface area contributed by atoms with Crippen molar-refractivity contribution in [2.24, 2.45) is 0 Å². The molecule has 0 amide bonds. The molecule has 0 bridgehead atoms. The van der Waals surface area contributed by atoms with Gasteiger partial charge in [-0.2, -0.15) is 24.6 Å². The summed E-state index contributed by atoms with van der Waals surface area (Å²) in [6.07, 6.45) is 14.4. The first-order valence-electron chi connectivity index (χ1n) is 7.43. The van der Waals surface area contributed by atoms with Gasteiger partial charge in [0.1, 0.15) is 0 Å². The van der Waals surface area contributed by atoms with Gasteiger partial charge in [0.25, 0.3) is 0 Å². The van der Waals surface area contributed by atoms with Crippen molar-refractivity contribution in [2.75, 3.05) is 0 Å². The van der Waals surface area contributed by atoms with Crippen LogP contribution in [0.3, 0.4) is 0 Å². The summed E-state index contributed by atoms with van der Waals surface area (Å²) >= 11 is 0. The van der Waals surface area contributed by atoms with Crippen LogP contribution in [0.4, 0.5) is 0 Å². The number of rotatable bonds is 10. The van der Waals surface area contributed by atoms with Crippen LogP contribution in [0.5, 0.6) is 0 Å². The van der Waals surface area contributed by atoms with Crippen LogP contribution in [0.15, 0.2) is 30.3 Å². The van der Waals surface area contributed by atoms with Gasteiger partial charge in [0, 0.05) is 0 Å². The molecule has 0 saturated carbocycles. The third-order valence-electron chi connectivity index (χ3n) is 2.94. The SMILES string of the molecule is CCCCCCCCCCC[C-]=O.[CH3-].[CH3-].[Pt+4].c1cc[cH-]c1.